The summed E-state index contributed by atoms with van der Waals surface area (Å²) in [6.07, 6.45) is 0.556. The zero-order chi connectivity index (χ0) is 12.4. The molecule has 0 bridgehead atoms. The summed E-state index contributed by atoms with van der Waals surface area (Å²) in [4.78, 5) is 6.85. The molecular formula is C11H13F2N3O. The first kappa shape index (κ1) is 11.9. The molecule has 1 atom stereocenters. The van der Waals surface area contributed by atoms with Crippen LogP contribution in [0.5, 0.6) is 0 Å². The first-order chi connectivity index (χ1) is 8.13. The Kier molecular flexibility index (Phi) is 3.35. The molecule has 0 aliphatic heterocycles. The number of aromatic nitrogens is 2. The average Bonchev–Trinajstić information content (AvgIpc) is 2.75. The fourth-order valence-electron chi connectivity index (χ4n) is 1.59. The number of nitrogens with two attached hydrogens (primary N) is 1. The van der Waals surface area contributed by atoms with Gasteiger partial charge in [-0.15, -0.1) is 0 Å². The lowest BCUT2D eigenvalue weighted by Gasteiger charge is -2.06. The Morgan fingerprint density at radius 3 is 2.94 bits per heavy atom. The minimum Gasteiger partial charge on any atom is -0.385 e. The van der Waals surface area contributed by atoms with Gasteiger partial charge in [-0.2, -0.15) is 0 Å². The molecule has 4 nitrogen and oxygen atoms in total. The lowest BCUT2D eigenvalue weighted by molar-refractivity contribution is 0.187. The molecule has 17 heavy (non-hydrogen) atoms. The molecule has 0 saturated carbocycles. The summed E-state index contributed by atoms with van der Waals surface area (Å²) in [6.45, 7) is 0.481. The number of halogens is 2. The van der Waals surface area contributed by atoms with Crippen molar-refractivity contribution in [2.24, 2.45) is 5.73 Å². The predicted octanol–water partition coefficient (Wildman–Crippen LogP) is 1.88. The highest BCUT2D eigenvalue weighted by atomic mass is 19.2. The zero-order valence-corrected chi connectivity index (χ0v) is 9.34. The van der Waals surface area contributed by atoms with Crippen LogP contribution in [0.25, 0.3) is 11.0 Å². The van der Waals surface area contributed by atoms with E-state index in [4.69, 9.17) is 10.5 Å². The van der Waals surface area contributed by atoms with E-state index < -0.39 is 11.6 Å². The summed E-state index contributed by atoms with van der Waals surface area (Å²) in [6, 6.07) is 2.11. The molecular weight excluding hydrogens is 228 g/mol. The van der Waals surface area contributed by atoms with Crippen LogP contribution in [0.15, 0.2) is 12.1 Å². The van der Waals surface area contributed by atoms with Gasteiger partial charge in [0.15, 0.2) is 11.6 Å². The van der Waals surface area contributed by atoms with Crippen LogP contribution in [-0.2, 0) is 4.74 Å². The van der Waals surface area contributed by atoms with Gasteiger partial charge in [-0.25, -0.2) is 13.8 Å². The lowest BCUT2D eigenvalue weighted by atomic mass is 10.2. The van der Waals surface area contributed by atoms with E-state index in [1.165, 1.54) is 6.07 Å². The van der Waals surface area contributed by atoms with E-state index >= 15 is 0 Å². The van der Waals surface area contributed by atoms with Crippen molar-refractivity contribution >= 4 is 11.0 Å². The van der Waals surface area contributed by atoms with E-state index in [1.54, 1.807) is 7.11 Å². The fraction of sp³-hybridized carbons (Fsp3) is 0.364. The van der Waals surface area contributed by atoms with Gasteiger partial charge >= 0.3 is 0 Å². The van der Waals surface area contributed by atoms with Crippen molar-refractivity contribution in [2.75, 3.05) is 13.7 Å². The summed E-state index contributed by atoms with van der Waals surface area (Å²) >= 11 is 0. The van der Waals surface area contributed by atoms with Gasteiger partial charge in [0.05, 0.1) is 11.6 Å². The summed E-state index contributed by atoms with van der Waals surface area (Å²) in [5.41, 5.74) is 6.26. The van der Waals surface area contributed by atoms with Crippen LogP contribution >= 0.6 is 0 Å². The number of aromatic amines is 1. The maximum Gasteiger partial charge on any atom is 0.186 e. The van der Waals surface area contributed by atoms with E-state index in [0.717, 1.165) is 6.07 Å². The Morgan fingerprint density at radius 1 is 1.47 bits per heavy atom. The number of fused-ring (bicyclic) bond motifs is 1. The molecule has 1 unspecified atom stereocenters. The predicted molar refractivity (Wildman–Crippen MR) is 59.4 cm³/mol. The van der Waals surface area contributed by atoms with E-state index in [0.29, 0.717) is 24.4 Å². The van der Waals surface area contributed by atoms with Gasteiger partial charge in [0.2, 0.25) is 0 Å². The highest BCUT2D eigenvalue weighted by Gasteiger charge is 2.15. The van der Waals surface area contributed by atoms with E-state index in [1.807, 2.05) is 0 Å². The molecule has 0 radical (unpaired) electrons. The molecule has 1 aromatic heterocycles. The van der Waals surface area contributed by atoms with Gasteiger partial charge in [-0.1, -0.05) is 0 Å². The number of hydrogen-bond acceptors (Lipinski definition) is 3. The van der Waals surface area contributed by atoms with E-state index in [9.17, 15) is 8.78 Å². The van der Waals surface area contributed by atoms with Crippen molar-refractivity contribution in [1.29, 1.82) is 0 Å². The van der Waals surface area contributed by atoms with Crippen molar-refractivity contribution in [3.8, 4) is 0 Å². The van der Waals surface area contributed by atoms with Gasteiger partial charge in [0.25, 0.3) is 0 Å². The van der Waals surface area contributed by atoms with Crippen LogP contribution < -0.4 is 5.73 Å². The molecule has 0 fully saturated rings. The smallest absolute Gasteiger partial charge is 0.186 e. The summed E-state index contributed by atoms with van der Waals surface area (Å²) in [7, 11) is 1.57. The number of ether oxygens (including phenoxy) is 1. The number of methoxy groups -OCH3 is 1. The molecule has 2 aromatic rings. The normalized spacial score (nSPS) is 13.2. The number of rotatable bonds is 4. The third kappa shape index (κ3) is 2.27. The molecule has 0 amide bonds. The third-order valence-corrected chi connectivity index (χ3v) is 2.55. The highest BCUT2D eigenvalue weighted by molar-refractivity contribution is 5.75. The maximum absolute atomic E-state index is 13.4. The Bertz CT molecular complexity index is 527. The zero-order valence-electron chi connectivity index (χ0n) is 9.34. The molecule has 1 heterocycles. The highest BCUT2D eigenvalue weighted by Crippen LogP contribution is 2.21. The molecule has 0 spiro atoms. The van der Waals surface area contributed by atoms with Crippen LogP contribution in [0.3, 0.4) is 0 Å². The van der Waals surface area contributed by atoms with Gasteiger partial charge in [-0.3, -0.25) is 0 Å². The first-order valence-electron chi connectivity index (χ1n) is 5.21. The number of H-pyrrole nitrogens is 1. The fourth-order valence-corrected chi connectivity index (χ4v) is 1.59. The number of benzene rings is 1. The molecule has 3 N–H and O–H groups in total. The Hall–Kier alpha value is -1.53. The van der Waals surface area contributed by atoms with Crippen molar-refractivity contribution in [2.45, 2.75) is 12.5 Å². The quantitative estimate of drug-likeness (QED) is 0.859. The van der Waals surface area contributed by atoms with Crippen LogP contribution in [-0.4, -0.2) is 23.7 Å². The van der Waals surface area contributed by atoms with Gasteiger partial charge in [0.1, 0.15) is 11.3 Å². The minimum atomic E-state index is -0.955. The number of hydrogen-bond donors (Lipinski definition) is 2. The van der Waals surface area contributed by atoms with Crippen LogP contribution in [0.1, 0.15) is 18.3 Å². The number of nitrogens with zero attached hydrogens (tertiary/aromatic N) is 1. The second-order valence-corrected chi connectivity index (χ2v) is 3.77. The third-order valence-electron chi connectivity index (χ3n) is 2.55. The Morgan fingerprint density at radius 2 is 2.24 bits per heavy atom. The van der Waals surface area contributed by atoms with Gasteiger partial charge in [0, 0.05) is 13.7 Å². The molecule has 2 rings (SSSR count). The molecule has 6 heteroatoms. The second kappa shape index (κ2) is 4.77. The van der Waals surface area contributed by atoms with Gasteiger partial charge < -0.3 is 15.5 Å². The minimum absolute atomic E-state index is 0.0205. The van der Waals surface area contributed by atoms with Crippen LogP contribution in [0.2, 0.25) is 0 Å². The summed E-state index contributed by atoms with van der Waals surface area (Å²) in [5, 5.41) is 0. The van der Waals surface area contributed by atoms with E-state index in [2.05, 4.69) is 9.97 Å². The molecule has 0 saturated heterocycles. The average molecular weight is 241 g/mol. The monoisotopic (exact) mass is 241 g/mol. The van der Waals surface area contributed by atoms with Gasteiger partial charge in [-0.05, 0) is 18.6 Å². The molecule has 0 aliphatic carbocycles. The maximum atomic E-state index is 13.4. The SMILES string of the molecule is COCCC(N)c1nc2c(F)c(F)ccc2[nH]1. The molecule has 1 aromatic carbocycles. The number of imidazole rings is 1. The summed E-state index contributed by atoms with van der Waals surface area (Å²) in [5.74, 6) is -1.44. The Labute approximate surface area is 96.8 Å². The number of nitrogens with one attached hydrogen (secondary N) is 1. The first-order valence-corrected chi connectivity index (χ1v) is 5.21. The Balaban J connectivity index is 2.34. The largest absolute Gasteiger partial charge is 0.385 e. The second-order valence-electron chi connectivity index (χ2n) is 3.77. The van der Waals surface area contributed by atoms with Crippen LogP contribution in [0, 0.1) is 11.6 Å². The molecule has 0 aliphatic rings. The molecule has 92 valence electrons. The van der Waals surface area contributed by atoms with Crippen molar-refractivity contribution in [1.82, 2.24) is 9.97 Å². The lowest BCUT2D eigenvalue weighted by Crippen LogP contribution is -2.14. The standard InChI is InChI=1S/C11H13F2N3O/c1-17-5-4-7(14)11-15-8-3-2-6(12)9(13)10(8)16-11/h2-3,7H,4-5,14H2,1H3,(H,15,16). The van der Waals surface area contributed by atoms with Crippen LogP contribution in [0.4, 0.5) is 8.78 Å². The van der Waals surface area contributed by atoms with Crippen molar-refractivity contribution in [3.05, 3.63) is 29.6 Å². The van der Waals surface area contributed by atoms with E-state index in [-0.39, 0.29) is 11.6 Å². The van der Waals surface area contributed by atoms with Crippen molar-refractivity contribution in [3.63, 3.8) is 0 Å². The van der Waals surface area contributed by atoms with Crippen molar-refractivity contribution < 1.29 is 13.5 Å². The topological polar surface area (TPSA) is 63.9 Å². The summed E-state index contributed by atoms with van der Waals surface area (Å²) < 4.78 is 31.3.